The molecule has 0 saturated heterocycles. The molecular formula is C13H21NO2Si. The number of hydrogen-bond acceptors (Lipinski definition) is 2. The van der Waals surface area contributed by atoms with Crippen LogP contribution in [0.5, 0.6) is 0 Å². The van der Waals surface area contributed by atoms with E-state index in [1.807, 2.05) is 37.4 Å². The molecule has 0 amide bonds. The van der Waals surface area contributed by atoms with E-state index in [2.05, 4.69) is 24.2 Å². The maximum Gasteiger partial charge on any atom is 0.312 e. The van der Waals surface area contributed by atoms with E-state index >= 15 is 0 Å². The molecular weight excluding hydrogens is 230 g/mol. The van der Waals surface area contributed by atoms with E-state index < -0.39 is 20.1 Å². The van der Waals surface area contributed by atoms with Crippen molar-refractivity contribution in [1.82, 2.24) is 4.57 Å². The molecule has 94 valence electrons. The van der Waals surface area contributed by atoms with Gasteiger partial charge in [0.15, 0.2) is 0 Å². The number of likely N-dealkylation sites (N-methyl/N-ethyl adjacent to an activating group) is 1. The highest BCUT2D eigenvalue weighted by Gasteiger charge is 2.27. The zero-order valence-corrected chi connectivity index (χ0v) is 12.0. The largest absolute Gasteiger partial charge is 0.481 e. The van der Waals surface area contributed by atoms with E-state index in [0.29, 0.717) is 6.54 Å². The first-order valence-electron chi connectivity index (χ1n) is 5.81. The molecule has 1 aromatic carbocycles. The fourth-order valence-corrected chi connectivity index (χ4v) is 2.29. The molecule has 0 spiro atoms. The van der Waals surface area contributed by atoms with E-state index in [1.54, 1.807) is 0 Å². The minimum absolute atomic E-state index is 0.437. The van der Waals surface area contributed by atoms with Crippen LogP contribution in [0.2, 0.25) is 19.6 Å². The maximum absolute atomic E-state index is 11.4. The Bertz CT molecular complexity index is 373. The van der Waals surface area contributed by atoms with Crippen molar-refractivity contribution in [3.05, 3.63) is 35.9 Å². The molecule has 17 heavy (non-hydrogen) atoms. The van der Waals surface area contributed by atoms with Gasteiger partial charge in [-0.1, -0.05) is 50.0 Å². The van der Waals surface area contributed by atoms with Crippen LogP contribution in [0, 0.1) is 0 Å². The Morgan fingerprint density at radius 2 is 1.82 bits per heavy atom. The normalized spacial score (nSPS) is 13.7. The van der Waals surface area contributed by atoms with Crippen LogP contribution in [0.15, 0.2) is 30.3 Å². The Hall–Kier alpha value is -1.13. The van der Waals surface area contributed by atoms with Crippen LogP contribution in [0.25, 0.3) is 0 Å². The van der Waals surface area contributed by atoms with E-state index in [4.69, 9.17) is 0 Å². The van der Waals surface area contributed by atoms with E-state index in [9.17, 15) is 9.90 Å². The first-order chi connectivity index (χ1) is 7.82. The lowest BCUT2D eigenvalue weighted by Crippen LogP contribution is -2.46. The lowest BCUT2D eigenvalue weighted by Gasteiger charge is -2.32. The van der Waals surface area contributed by atoms with E-state index in [1.165, 1.54) is 0 Å². The SMILES string of the molecule is CN(CC(C(=O)O)c1ccccc1)[Si](C)(C)C. The van der Waals surface area contributed by atoms with Crippen molar-refractivity contribution in [1.29, 1.82) is 0 Å². The van der Waals surface area contributed by atoms with Gasteiger partial charge in [0.1, 0.15) is 8.24 Å². The van der Waals surface area contributed by atoms with Crippen LogP contribution in [0.4, 0.5) is 0 Å². The van der Waals surface area contributed by atoms with Gasteiger partial charge in [-0.25, -0.2) is 0 Å². The number of carboxylic acid groups (broad SMARTS) is 1. The standard InChI is InChI=1S/C13H21NO2Si/c1-14(17(2,3)4)10-12(13(15)16)11-8-6-5-7-9-11/h5-9,12H,10H2,1-4H3,(H,15,16). The van der Waals surface area contributed by atoms with E-state index in [-0.39, 0.29) is 0 Å². The van der Waals surface area contributed by atoms with Gasteiger partial charge >= 0.3 is 5.97 Å². The van der Waals surface area contributed by atoms with Crippen molar-refractivity contribution < 1.29 is 9.90 Å². The number of rotatable bonds is 5. The lowest BCUT2D eigenvalue weighted by molar-refractivity contribution is -0.139. The predicted octanol–water partition coefficient (Wildman–Crippen LogP) is 2.62. The Kier molecular flexibility index (Phi) is 4.48. The molecule has 0 aliphatic heterocycles. The monoisotopic (exact) mass is 251 g/mol. The molecule has 0 bridgehead atoms. The van der Waals surface area contributed by atoms with Gasteiger partial charge in [0, 0.05) is 6.54 Å². The third kappa shape index (κ3) is 3.98. The molecule has 0 aliphatic carbocycles. The third-order valence-corrected chi connectivity index (χ3v) is 5.57. The molecule has 0 radical (unpaired) electrons. The lowest BCUT2D eigenvalue weighted by atomic mass is 9.99. The molecule has 4 heteroatoms. The Morgan fingerprint density at radius 3 is 2.24 bits per heavy atom. The zero-order valence-electron chi connectivity index (χ0n) is 11.0. The summed E-state index contributed by atoms with van der Waals surface area (Å²) in [4.78, 5) is 11.4. The number of carboxylic acids is 1. The second-order valence-corrected chi connectivity index (χ2v) is 10.5. The summed E-state index contributed by atoms with van der Waals surface area (Å²) >= 11 is 0. The van der Waals surface area contributed by atoms with Gasteiger partial charge in [-0.15, -0.1) is 0 Å². The molecule has 1 unspecified atom stereocenters. The highest BCUT2D eigenvalue weighted by molar-refractivity contribution is 6.73. The second kappa shape index (κ2) is 5.47. The Morgan fingerprint density at radius 1 is 1.29 bits per heavy atom. The number of benzene rings is 1. The summed E-state index contributed by atoms with van der Waals surface area (Å²) in [6, 6.07) is 9.46. The zero-order chi connectivity index (χ0) is 13.1. The number of carbonyl (C=O) groups is 1. The minimum atomic E-state index is -1.43. The number of aliphatic carboxylic acids is 1. The van der Waals surface area contributed by atoms with Crippen LogP contribution in [0.3, 0.4) is 0 Å². The molecule has 1 rings (SSSR count). The average Bonchev–Trinajstić information content (AvgIpc) is 2.25. The van der Waals surface area contributed by atoms with Crippen LogP contribution in [-0.4, -0.2) is 37.5 Å². The summed E-state index contributed by atoms with van der Waals surface area (Å²) in [6.45, 7) is 7.24. The molecule has 1 N–H and O–H groups in total. The van der Waals surface area contributed by atoms with Crippen molar-refractivity contribution in [3.63, 3.8) is 0 Å². The Labute approximate surface area is 104 Å². The summed E-state index contributed by atoms with van der Waals surface area (Å²) in [5.41, 5.74) is 0.880. The first-order valence-corrected chi connectivity index (χ1v) is 9.26. The van der Waals surface area contributed by atoms with Gasteiger partial charge in [-0.05, 0) is 12.6 Å². The summed E-state index contributed by atoms with van der Waals surface area (Å²) in [5.74, 6) is -1.19. The summed E-state index contributed by atoms with van der Waals surface area (Å²) in [7, 11) is 0.587. The van der Waals surface area contributed by atoms with Gasteiger partial charge in [-0.3, -0.25) is 4.79 Å². The molecule has 0 aromatic heterocycles. The quantitative estimate of drug-likeness (QED) is 0.818. The van der Waals surface area contributed by atoms with Gasteiger partial charge in [0.25, 0.3) is 0 Å². The number of hydrogen-bond donors (Lipinski definition) is 1. The molecule has 1 atom stereocenters. The molecule has 0 fully saturated rings. The molecule has 0 heterocycles. The molecule has 0 saturated carbocycles. The van der Waals surface area contributed by atoms with Gasteiger partial charge < -0.3 is 9.67 Å². The van der Waals surface area contributed by atoms with Gasteiger partial charge in [0.2, 0.25) is 0 Å². The molecule has 3 nitrogen and oxygen atoms in total. The Balaban J connectivity index is 2.86. The smallest absolute Gasteiger partial charge is 0.312 e. The summed E-state index contributed by atoms with van der Waals surface area (Å²) < 4.78 is 2.21. The van der Waals surface area contributed by atoms with E-state index in [0.717, 1.165) is 5.56 Å². The molecule has 0 aliphatic rings. The van der Waals surface area contributed by atoms with Crippen molar-refractivity contribution in [2.24, 2.45) is 0 Å². The van der Waals surface area contributed by atoms with Crippen LogP contribution < -0.4 is 0 Å². The summed E-state index contributed by atoms with van der Waals surface area (Å²) in [6.07, 6.45) is 0. The second-order valence-electron chi connectivity index (χ2n) is 5.35. The van der Waals surface area contributed by atoms with Crippen molar-refractivity contribution >= 4 is 14.2 Å². The fraction of sp³-hybridized carbons (Fsp3) is 0.462. The van der Waals surface area contributed by atoms with Crippen LogP contribution >= 0.6 is 0 Å². The van der Waals surface area contributed by atoms with Gasteiger partial charge in [-0.2, -0.15) is 0 Å². The van der Waals surface area contributed by atoms with Crippen molar-refractivity contribution in [2.45, 2.75) is 25.6 Å². The predicted molar refractivity (Wildman–Crippen MR) is 72.8 cm³/mol. The van der Waals surface area contributed by atoms with Crippen molar-refractivity contribution in [2.75, 3.05) is 13.6 Å². The average molecular weight is 251 g/mol. The third-order valence-electron chi connectivity index (χ3n) is 3.10. The molecule has 1 aromatic rings. The highest BCUT2D eigenvalue weighted by atomic mass is 28.3. The maximum atomic E-state index is 11.4. The topological polar surface area (TPSA) is 40.5 Å². The minimum Gasteiger partial charge on any atom is -0.481 e. The first kappa shape index (κ1) is 13.9. The van der Waals surface area contributed by atoms with Crippen LogP contribution in [0.1, 0.15) is 11.5 Å². The van der Waals surface area contributed by atoms with Crippen LogP contribution in [-0.2, 0) is 4.79 Å². The van der Waals surface area contributed by atoms with Crippen molar-refractivity contribution in [3.8, 4) is 0 Å². The van der Waals surface area contributed by atoms with Gasteiger partial charge in [0.05, 0.1) is 5.92 Å². The number of nitrogens with zero attached hydrogens (tertiary/aromatic N) is 1. The fourth-order valence-electron chi connectivity index (χ4n) is 1.56. The highest BCUT2D eigenvalue weighted by Crippen LogP contribution is 2.19. The summed E-state index contributed by atoms with van der Waals surface area (Å²) in [5, 5.41) is 9.33.